The van der Waals surface area contributed by atoms with Gasteiger partial charge in [0, 0.05) is 31.9 Å². The van der Waals surface area contributed by atoms with Crippen molar-refractivity contribution in [2.24, 2.45) is 0 Å². The van der Waals surface area contributed by atoms with Gasteiger partial charge in [-0.05, 0) is 36.3 Å². The number of piperazine rings is 1. The molecule has 1 heterocycles. The van der Waals surface area contributed by atoms with E-state index in [2.05, 4.69) is 4.90 Å². The average Bonchev–Trinajstić information content (AvgIpc) is 2.40. The molecule has 5 heteroatoms. The van der Waals surface area contributed by atoms with Crippen LogP contribution in [0.4, 0.5) is 5.69 Å². The Hall–Kier alpha value is -2.30. The third-order valence-corrected chi connectivity index (χ3v) is 3.44. The topological polar surface area (TPSA) is 60.9 Å². The zero-order chi connectivity index (χ0) is 14.7. The van der Waals surface area contributed by atoms with Crippen molar-refractivity contribution in [1.29, 1.82) is 0 Å². The van der Waals surface area contributed by atoms with E-state index in [4.69, 9.17) is 5.11 Å². The average molecular weight is 274 g/mol. The molecule has 106 valence electrons. The Balaban J connectivity index is 2.18. The number of nitrogens with zero attached hydrogens (tertiary/aromatic N) is 2. The number of hydrogen-bond acceptors (Lipinski definition) is 3. The molecule has 0 bridgehead atoms. The first-order valence-electron chi connectivity index (χ1n) is 6.48. The zero-order valence-corrected chi connectivity index (χ0v) is 11.7. The molecule has 1 amide bonds. The number of carbonyl (C=O) groups is 2. The normalized spacial score (nSPS) is 16.0. The molecule has 0 unspecified atom stereocenters. The van der Waals surface area contributed by atoms with Crippen molar-refractivity contribution >= 4 is 23.6 Å². The van der Waals surface area contributed by atoms with E-state index < -0.39 is 5.97 Å². The summed E-state index contributed by atoms with van der Waals surface area (Å²) < 4.78 is 0. The lowest BCUT2D eigenvalue weighted by Gasteiger charge is -2.34. The molecule has 1 N–H and O–H groups in total. The summed E-state index contributed by atoms with van der Waals surface area (Å²) in [5.41, 5.74) is 2.91. The van der Waals surface area contributed by atoms with Crippen LogP contribution in [0.15, 0.2) is 24.3 Å². The largest absolute Gasteiger partial charge is 0.478 e. The van der Waals surface area contributed by atoms with E-state index in [-0.39, 0.29) is 5.91 Å². The standard InChI is InChI=1S/C15H18N2O3/c1-11-9-12(4-6-15(19)20)3-5-13(11)17-8-7-16(2)14(18)10-17/h3-6,9H,7-8,10H2,1-2H3,(H,19,20). The van der Waals surface area contributed by atoms with Crippen molar-refractivity contribution in [3.8, 4) is 0 Å². The quantitative estimate of drug-likeness (QED) is 0.846. The Kier molecular flexibility index (Phi) is 4.08. The number of amides is 1. The number of aliphatic carboxylic acids is 1. The Morgan fingerprint density at radius 2 is 2.10 bits per heavy atom. The number of aryl methyl sites for hydroxylation is 1. The molecule has 0 radical (unpaired) electrons. The van der Waals surface area contributed by atoms with Gasteiger partial charge in [0.15, 0.2) is 0 Å². The molecule has 5 nitrogen and oxygen atoms in total. The van der Waals surface area contributed by atoms with Gasteiger partial charge in [0.1, 0.15) is 0 Å². The summed E-state index contributed by atoms with van der Waals surface area (Å²) in [6, 6.07) is 5.73. The van der Waals surface area contributed by atoms with E-state index in [1.807, 2.05) is 32.2 Å². The molecule has 0 aromatic heterocycles. The molecule has 1 fully saturated rings. The second-order valence-corrected chi connectivity index (χ2v) is 4.95. The first-order chi connectivity index (χ1) is 9.47. The third kappa shape index (κ3) is 3.17. The first kappa shape index (κ1) is 14.1. The van der Waals surface area contributed by atoms with E-state index in [1.165, 1.54) is 0 Å². The molecule has 0 saturated carbocycles. The number of hydrogen-bond donors (Lipinski definition) is 1. The van der Waals surface area contributed by atoms with Gasteiger partial charge in [-0.25, -0.2) is 4.79 Å². The van der Waals surface area contributed by atoms with Crippen LogP contribution in [0, 0.1) is 6.92 Å². The number of likely N-dealkylation sites (N-methyl/N-ethyl adjacent to an activating group) is 1. The molecule has 1 aliphatic rings. The van der Waals surface area contributed by atoms with E-state index >= 15 is 0 Å². The fourth-order valence-corrected chi connectivity index (χ4v) is 2.27. The third-order valence-electron chi connectivity index (χ3n) is 3.44. The smallest absolute Gasteiger partial charge is 0.328 e. The monoisotopic (exact) mass is 274 g/mol. The molecule has 1 aromatic rings. The van der Waals surface area contributed by atoms with Crippen LogP contribution in [0.1, 0.15) is 11.1 Å². The van der Waals surface area contributed by atoms with Gasteiger partial charge in [-0.3, -0.25) is 4.79 Å². The van der Waals surface area contributed by atoms with Gasteiger partial charge >= 0.3 is 5.97 Å². The summed E-state index contributed by atoms with van der Waals surface area (Å²) in [5, 5.41) is 8.62. The van der Waals surface area contributed by atoms with E-state index in [1.54, 1.807) is 11.0 Å². The number of rotatable bonds is 3. The summed E-state index contributed by atoms with van der Waals surface area (Å²) in [4.78, 5) is 26.0. The summed E-state index contributed by atoms with van der Waals surface area (Å²) in [6.45, 7) is 3.89. The predicted octanol–water partition coefficient (Wildman–Crippen LogP) is 1.37. The minimum atomic E-state index is -0.962. The fourth-order valence-electron chi connectivity index (χ4n) is 2.27. The highest BCUT2D eigenvalue weighted by Gasteiger charge is 2.21. The van der Waals surface area contributed by atoms with Crippen LogP contribution < -0.4 is 4.90 Å². The number of benzene rings is 1. The van der Waals surface area contributed by atoms with Crippen molar-refractivity contribution in [2.75, 3.05) is 31.6 Å². The Labute approximate surface area is 118 Å². The lowest BCUT2D eigenvalue weighted by molar-refractivity contribution is -0.131. The highest BCUT2D eigenvalue weighted by Crippen LogP contribution is 2.23. The van der Waals surface area contributed by atoms with Crippen molar-refractivity contribution in [3.63, 3.8) is 0 Å². The minimum absolute atomic E-state index is 0.116. The molecular weight excluding hydrogens is 256 g/mol. The molecule has 1 saturated heterocycles. The van der Waals surface area contributed by atoms with Gasteiger partial charge in [-0.15, -0.1) is 0 Å². The van der Waals surface area contributed by atoms with E-state index in [9.17, 15) is 9.59 Å². The van der Waals surface area contributed by atoms with Crippen molar-refractivity contribution < 1.29 is 14.7 Å². The predicted molar refractivity (Wildman–Crippen MR) is 77.7 cm³/mol. The fraction of sp³-hybridized carbons (Fsp3) is 0.333. The molecule has 1 aliphatic heterocycles. The molecule has 0 aliphatic carbocycles. The van der Waals surface area contributed by atoms with Crippen molar-refractivity contribution in [2.45, 2.75) is 6.92 Å². The van der Waals surface area contributed by atoms with Crippen LogP contribution in [0.5, 0.6) is 0 Å². The van der Waals surface area contributed by atoms with Gasteiger partial charge in [-0.2, -0.15) is 0 Å². The van der Waals surface area contributed by atoms with Crippen LogP contribution in [0.3, 0.4) is 0 Å². The highest BCUT2D eigenvalue weighted by molar-refractivity contribution is 5.86. The van der Waals surface area contributed by atoms with E-state index in [0.717, 1.165) is 36.0 Å². The number of carbonyl (C=O) groups excluding carboxylic acids is 1. The molecular formula is C15H18N2O3. The second kappa shape index (κ2) is 5.77. The Morgan fingerprint density at radius 1 is 1.35 bits per heavy atom. The van der Waals surface area contributed by atoms with Gasteiger partial charge in [-0.1, -0.05) is 6.07 Å². The number of carboxylic acid groups (broad SMARTS) is 1. The van der Waals surface area contributed by atoms with Crippen LogP contribution >= 0.6 is 0 Å². The summed E-state index contributed by atoms with van der Waals surface area (Å²) in [5.74, 6) is -0.845. The molecule has 20 heavy (non-hydrogen) atoms. The first-order valence-corrected chi connectivity index (χ1v) is 6.48. The molecule has 0 atom stereocenters. The van der Waals surface area contributed by atoms with Crippen molar-refractivity contribution in [3.05, 3.63) is 35.4 Å². The maximum absolute atomic E-state index is 11.7. The van der Waals surface area contributed by atoms with Crippen LogP contribution in [0.25, 0.3) is 6.08 Å². The van der Waals surface area contributed by atoms with Gasteiger partial charge < -0.3 is 14.9 Å². The van der Waals surface area contributed by atoms with Gasteiger partial charge in [0.2, 0.25) is 5.91 Å². The van der Waals surface area contributed by atoms with Gasteiger partial charge in [0.25, 0.3) is 0 Å². The SMILES string of the molecule is Cc1cc(C=CC(=O)O)ccc1N1CCN(C)C(=O)C1. The van der Waals surface area contributed by atoms with Crippen LogP contribution in [0.2, 0.25) is 0 Å². The Morgan fingerprint density at radius 3 is 2.70 bits per heavy atom. The van der Waals surface area contributed by atoms with Gasteiger partial charge in [0.05, 0.1) is 6.54 Å². The van der Waals surface area contributed by atoms with Crippen LogP contribution in [-0.4, -0.2) is 48.6 Å². The molecule has 0 spiro atoms. The lowest BCUT2D eigenvalue weighted by atomic mass is 10.1. The maximum atomic E-state index is 11.7. The second-order valence-electron chi connectivity index (χ2n) is 4.95. The molecule has 2 rings (SSSR count). The highest BCUT2D eigenvalue weighted by atomic mass is 16.4. The molecule has 1 aromatic carbocycles. The summed E-state index contributed by atoms with van der Waals surface area (Å²) in [7, 11) is 1.81. The summed E-state index contributed by atoms with van der Waals surface area (Å²) >= 11 is 0. The zero-order valence-electron chi connectivity index (χ0n) is 11.7. The minimum Gasteiger partial charge on any atom is -0.478 e. The van der Waals surface area contributed by atoms with E-state index in [0.29, 0.717) is 6.54 Å². The number of carboxylic acids is 1. The Bertz CT molecular complexity index is 566. The maximum Gasteiger partial charge on any atom is 0.328 e. The summed E-state index contributed by atoms with van der Waals surface area (Å²) in [6.07, 6.45) is 2.68. The van der Waals surface area contributed by atoms with Crippen LogP contribution in [-0.2, 0) is 9.59 Å². The number of anilines is 1. The lowest BCUT2D eigenvalue weighted by Crippen LogP contribution is -2.48. The van der Waals surface area contributed by atoms with Crippen molar-refractivity contribution in [1.82, 2.24) is 4.90 Å².